The molecule has 5 heteroatoms. The number of rotatable bonds is 8. The number of benzene rings is 1. The summed E-state index contributed by atoms with van der Waals surface area (Å²) in [4.78, 5) is 22.7. The van der Waals surface area contributed by atoms with Gasteiger partial charge in [-0.05, 0) is 31.5 Å². The summed E-state index contributed by atoms with van der Waals surface area (Å²) in [5.74, 6) is -0.959. The highest BCUT2D eigenvalue weighted by Crippen LogP contribution is 2.09. The molecule has 1 atom stereocenters. The third-order valence-electron chi connectivity index (χ3n) is 3.01. The second kappa shape index (κ2) is 8.32. The Bertz CT molecular complexity index is 460. The third kappa shape index (κ3) is 5.40. The smallest absolute Gasteiger partial charge is 0.335 e. The molecule has 1 aromatic carbocycles. The van der Waals surface area contributed by atoms with E-state index < -0.39 is 5.97 Å². The molecule has 1 unspecified atom stereocenters. The summed E-state index contributed by atoms with van der Waals surface area (Å²) in [6, 6.07) is 7.00. The highest BCUT2D eigenvalue weighted by atomic mass is 16.4. The Labute approximate surface area is 119 Å². The van der Waals surface area contributed by atoms with Crippen molar-refractivity contribution in [3.05, 3.63) is 35.4 Å². The molecule has 1 amide bonds. The molecule has 5 nitrogen and oxygen atoms in total. The van der Waals surface area contributed by atoms with E-state index in [4.69, 9.17) is 5.11 Å². The molecule has 3 N–H and O–H groups in total. The second-order valence-electron chi connectivity index (χ2n) is 4.73. The monoisotopic (exact) mass is 278 g/mol. The number of carbonyl (C=O) groups excluding carboxylic acids is 1. The first-order valence-corrected chi connectivity index (χ1v) is 6.85. The number of carboxylic acids is 1. The first-order valence-electron chi connectivity index (χ1n) is 6.85. The molecule has 0 aliphatic rings. The molecule has 0 fully saturated rings. The van der Waals surface area contributed by atoms with Crippen LogP contribution in [0.3, 0.4) is 0 Å². The van der Waals surface area contributed by atoms with Gasteiger partial charge < -0.3 is 15.7 Å². The van der Waals surface area contributed by atoms with Crippen molar-refractivity contribution in [3.63, 3.8) is 0 Å². The summed E-state index contributed by atoms with van der Waals surface area (Å²) in [7, 11) is 0. The average Bonchev–Trinajstić information content (AvgIpc) is 2.39. The maximum Gasteiger partial charge on any atom is 0.335 e. The zero-order valence-corrected chi connectivity index (χ0v) is 12.0. The standard InChI is InChI=1S/C15H22N2O3/c1-3-16-11(2)10-14(18)17-9-8-12-6-4-5-7-13(12)15(19)20/h4-7,11,16H,3,8-10H2,1-2H3,(H,17,18)(H,19,20). The molecule has 0 saturated carbocycles. The van der Waals surface area contributed by atoms with E-state index in [1.165, 1.54) is 0 Å². The van der Waals surface area contributed by atoms with Crippen LogP contribution in [0.4, 0.5) is 0 Å². The Hall–Kier alpha value is -1.88. The maximum absolute atomic E-state index is 11.7. The van der Waals surface area contributed by atoms with Gasteiger partial charge in [-0.1, -0.05) is 25.1 Å². The minimum Gasteiger partial charge on any atom is -0.478 e. The lowest BCUT2D eigenvalue weighted by molar-refractivity contribution is -0.121. The SMILES string of the molecule is CCNC(C)CC(=O)NCCc1ccccc1C(=O)O. The van der Waals surface area contributed by atoms with Gasteiger partial charge in [0.2, 0.25) is 5.91 Å². The molecule has 20 heavy (non-hydrogen) atoms. The number of hydrogen-bond acceptors (Lipinski definition) is 3. The van der Waals surface area contributed by atoms with Gasteiger partial charge in [-0.25, -0.2) is 4.79 Å². The van der Waals surface area contributed by atoms with E-state index in [1.807, 2.05) is 13.8 Å². The molecule has 0 aliphatic heterocycles. The number of hydrogen-bond donors (Lipinski definition) is 3. The summed E-state index contributed by atoms with van der Waals surface area (Å²) in [5, 5.41) is 15.0. The van der Waals surface area contributed by atoms with Crippen LogP contribution < -0.4 is 10.6 Å². The van der Waals surface area contributed by atoms with Gasteiger partial charge in [-0.2, -0.15) is 0 Å². The van der Waals surface area contributed by atoms with Gasteiger partial charge in [0.25, 0.3) is 0 Å². The van der Waals surface area contributed by atoms with Gasteiger partial charge in [0.1, 0.15) is 0 Å². The Morgan fingerprint density at radius 3 is 2.65 bits per heavy atom. The maximum atomic E-state index is 11.7. The first kappa shape index (κ1) is 16.2. The molecule has 0 aromatic heterocycles. The zero-order chi connectivity index (χ0) is 15.0. The van der Waals surface area contributed by atoms with E-state index in [-0.39, 0.29) is 11.9 Å². The molecular weight excluding hydrogens is 256 g/mol. The van der Waals surface area contributed by atoms with Crippen LogP contribution in [-0.4, -0.2) is 36.1 Å². The molecular formula is C15H22N2O3. The molecule has 0 heterocycles. The lowest BCUT2D eigenvalue weighted by Crippen LogP contribution is -2.34. The van der Waals surface area contributed by atoms with Gasteiger partial charge >= 0.3 is 5.97 Å². The summed E-state index contributed by atoms with van der Waals surface area (Å²) >= 11 is 0. The van der Waals surface area contributed by atoms with Gasteiger partial charge in [-0.3, -0.25) is 4.79 Å². The average molecular weight is 278 g/mol. The summed E-state index contributed by atoms with van der Waals surface area (Å²) in [6.45, 7) is 5.24. The summed E-state index contributed by atoms with van der Waals surface area (Å²) < 4.78 is 0. The largest absolute Gasteiger partial charge is 0.478 e. The lowest BCUT2D eigenvalue weighted by Gasteiger charge is -2.12. The van der Waals surface area contributed by atoms with E-state index >= 15 is 0 Å². The normalized spacial score (nSPS) is 11.9. The molecule has 110 valence electrons. The number of carbonyl (C=O) groups is 2. The van der Waals surface area contributed by atoms with Gasteiger partial charge in [0.15, 0.2) is 0 Å². The van der Waals surface area contributed by atoms with Crippen molar-refractivity contribution in [3.8, 4) is 0 Å². The van der Waals surface area contributed by atoms with Crippen LogP contribution >= 0.6 is 0 Å². The fraction of sp³-hybridized carbons (Fsp3) is 0.467. The van der Waals surface area contributed by atoms with Crippen molar-refractivity contribution in [1.82, 2.24) is 10.6 Å². The minimum atomic E-state index is -0.937. The number of amides is 1. The topological polar surface area (TPSA) is 78.4 Å². The van der Waals surface area contributed by atoms with Crippen molar-refractivity contribution < 1.29 is 14.7 Å². The van der Waals surface area contributed by atoms with Crippen LogP contribution in [0.15, 0.2) is 24.3 Å². The zero-order valence-electron chi connectivity index (χ0n) is 12.0. The lowest BCUT2D eigenvalue weighted by atomic mass is 10.0. The molecule has 0 radical (unpaired) electrons. The van der Waals surface area contributed by atoms with E-state index in [2.05, 4.69) is 10.6 Å². The number of carboxylic acid groups (broad SMARTS) is 1. The first-order chi connectivity index (χ1) is 9.54. The van der Waals surface area contributed by atoms with E-state index in [0.29, 0.717) is 24.9 Å². The van der Waals surface area contributed by atoms with Crippen molar-refractivity contribution in [2.75, 3.05) is 13.1 Å². The molecule has 0 aliphatic carbocycles. The summed E-state index contributed by atoms with van der Waals surface area (Å²) in [6.07, 6.45) is 0.943. The van der Waals surface area contributed by atoms with Crippen molar-refractivity contribution in [2.24, 2.45) is 0 Å². The Balaban J connectivity index is 2.41. The quantitative estimate of drug-likeness (QED) is 0.672. The number of nitrogens with one attached hydrogen (secondary N) is 2. The Morgan fingerprint density at radius 2 is 2.00 bits per heavy atom. The highest BCUT2D eigenvalue weighted by molar-refractivity contribution is 5.89. The molecule has 1 rings (SSSR count). The van der Waals surface area contributed by atoms with Crippen molar-refractivity contribution >= 4 is 11.9 Å². The van der Waals surface area contributed by atoms with Crippen molar-refractivity contribution in [2.45, 2.75) is 32.7 Å². The van der Waals surface area contributed by atoms with E-state index in [1.54, 1.807) is 24.3 Å². The Kier molecular flexibility index (Phi) is 6.73. The second-order valence-corrected chi connectivity index (χ2v) is 4.73. The van der Waals surface area contributed by atoms with Crippen LogP contribution in [0.2, 0.25) is 0 Å². The van der Waals surface area contributed by atoms with Gasteiger partial charge in [0, 0.05) is 19.0 Å². The third-order valence-corrected chi connectivity index (χ3v) is 3.01. The van der Waals surface area contributed by atoms with Crippen LogP contribution in [0.1, 0.15) is 36.2 Å². The van der Waals surface area contributed by atoms with Gasteiger partial charge in [0.05, 0.1) is 5.56 Å². The molecule has 0 saturated heterocycles. The van der Waals surface area contributed by atoms with E-state index in [9.17, 15) is 9.59 Å². The van der Waals surface area contributed by atoms with Crippen LogP contribution in [0.25, 0.3) is 0 Å². The van der Waals surface area contributed by atoms with Gasteiger partial charge in [-0.15, -0.1) is 0 Å². The highest BCUT2D eigenvalue weighted by Gasteiger charge is 2.10. The fourth-order valence-electron chi connectivity index (χ4n) is 2.05. The van der Waals surface area contributed by atoms with Crippen LogP contribution in [0.5, 0.6) is 0 Å². The van der Waals surface area contributed by atoms with E-state index in [0.717, 1.165) is 12.1 Å². The van der Waals surface area contributed by atoms with Crippen molar-refractivity contribution in [1.29, 1.82) is 0 Å². The minimum absolute atomic E-state index is 0.0220. The number of aromatic carboxylic acids is 1. The predicted octanol–water partition coefficient (Wildman–Crippen LogP) is 1.43. The molecule has 1 aromatic rings. The summed E-state index contributed by atoms with van der Waals surface area (Å²) in [5.41, 5.74) is 1.03. The predicted molar refractivity (Wildman–Crippen MR) is 77.9 cm³/mol. The van der Waals surface area contributed by atoms with Crippen LogP contribution in [-0.2, 0) is 11.2 Å². The molecule has 0 bridgehead atoms. The fourth-order valence-corrected chi connectivity index (χ4v) is 2.05. The molecule has 0 spiro atoms. The Morgan fingerprint density at radius 1 is 1.30 bits per heavy atom. The van der Waals surface area contributed by atoms with Crippen LogP contribution in [0, 0.1) is 0 Å².